The predicted molar refractivity (Wildman–Crippen MR) is 212 cm³/mol. The van der Waals surface area contributed by atoms with Gasteiger partial charge in [-0.2, -0.15) is 18.2 Å². The lowest BCUT2D eigenvalue weighted by molar-refractivity contribution is -0.0328. The summed E-state index contributed by atoms with van der Waals surface area (Å²) in [6.07, 6.45) is 5.71. The van der Waals surface area contributed by atoms with E-state index in [9.17, 15) is 23.1 Å². The third-order valence-corrected chi connectivity index (χ3v) is 9.22. The van der Waals surface area contributed by atoms with Gasteiger partial charge < -0.3 is 32.6 Å². The molecule has 0 amide bonds. The van der Waals surface area contributed by atoms with Crippen molar-refractivity contribution in [2.24, 2.45) is 22.2 Å². The van der Waals surface area contributed by atoms with E-state index in [-0.39, 0.29) is 57.8 Å². The fourth-order valence-corrected chi connectivity index (χ4v) is 6.25. The molecule has 0 spiro atoms. The van der Waals surface area contributed by atoms with Crippen molar-refractivity contribution in [3.8, 4) is 5.69 Å². The third kappa shape index (κ3) is 14.5. The van der Waals surface area contributed by atoms with Crippen LogP contribution in [0.5, 0.6) is 0 Å². The van der Waals surface area contributed by atoms with Crippen LogP contribution in [0.4, 0.5) is 13.2 Å². The Labute approximate surface area is 315 Å². The van der Waals surface area contributed by atoms with Gasteiger partial charge in [0.2, 0.25) is 0 Å². The monoisotopic (exact) mass is 758 g/mol. The summed E-state index contributed by atoms with van der Waals surface area (Å²) >= 11 is -0.0397. The first-order valence-corrected chi connectivity index (χ1v) is 18.8. The summed E-state index contributed by atoms with van der Waals surface area (Å²) < 4.78 is 39.4. The second kappa shape index (κ2) is 19.0. The summed E-state index contributed by atoms with van der Waals surface area (Å²) in [6.45, 7) is 15.6. The second-order valence-corrected chi connectivity index (χ2v) is 16.6. The zero-order valence-electron chi connectivity index (χ0n) is 32.0. The molecular formula is C39H57F3N8O2S. The lowest BCUT2D eigenvalue weighted by atomic mass is 9.85. The number of nitrogens with two attached hydrogens (primary N) is 3. The standard InChI is InChI=1S/C23H33N7O2.C16H24F3NS/c1-23(2,3)19-13-16-14-30(22(32)29-20(16)28-19)17-7-5-15(6-8-17)18(9-12-31)26-10-4-11-27-21(24)25;1-11(20)6-5-7-12-8-13(15(2,3)4)10-14(9-12)21-16(17,18)19/h5-8,13-14,18,26,31H,4,9-12H2,1-3H3,(H4,24,25,27)(H,28,29,32);8-11H,5-7,20H2,1-4H3/t18-;11-/m10/s1. The molecule has 0 fully saturated rings. The van der Waals surface area contributed by atoms with Gasteiger partial charge in [0.15, 0.2) is 5.96 Å². The van der Waals surface area contributed by atoms with Crippen LogP contribution in [0, 0.1) is 0 Å². The number of nitrogens with zero attached hydrogens (tertiary/aromatic N) is 3. The van der Waals surface area contributed by atoms with E-state index in [2.05, 4.69) is 41.0 Å². The van der Waals surface area contributed by atoms with Crippen LogP contribution >= 0.6 is 11.8 Å². The Bertz CT molecular complexity index is 1840. The molecule has 0 aliphatic rings. The van der Waals surface area contributed by atoms with E-state index in [0.717, 1.165) is 59.1 Å². The minimum atomic E-state index is -4.25. The summed E-state index contributed by atoms with van der Waals surface area (Å²) in [5.74, 6) is 0.0877. The third-order valence-electron chi connectivity index (χ3n) is 8.52. The van der Waals surface area contributed by atoms with Crippen LogP contribution in [0.25, 0.3) is 16.7 Å². The van der Waals surface area contributed by atoms with E-state index in [4.69, 9.17) is 17.2 Å². The predicted octanol–water partition coefficient (Wildman–Crippen LogP) is 6.95. The van der Waals surface area contributed by atoms with E-state index in [0.29, 0.717) is 25.2 Å². The van der Waals surface area contributed by atoms with Gasteiger partial charge in [-0.25, -0.2) is 4.79 Å². The van der Waals surface area contributed by atoms with Crippen LogP contribution < -0.4 is 28.2 Å². The number of nitrogens with one attached hydrogen (secondary N) is 2. The molecule has 4 aromatic rings. The van der Waals surface area contributed by atoms with Gasteiger partial charge in [0, 0.05) is 52.8 Å². The summed E-state index contributed by atoms with van der Waals surface area (Å²) in [7, 11) is 0. The van der Waals surface area contributed by atoms with E-state index < -0.39 is 5.51 Å². The summed E-state index contributed by atoms with van der Waals surface area (Å²) in [6, 6.07) is 15.2. The molecule has 0 radical (unpaired) electrons. The Morgan fingerprint density at radius 2 is 1.68 bits per heavy atom. The van der Waals surface area contributed by atoms with E-state index in [1.807, 2.05) is 70.3 Å². The van der Waals surface area contributed by atoms with Crippen molar-refractivity contribution in [2.75, 3.05) is 19.7 Å². The fourth-order valence-electron chi connectivity index (χ4n) is 5.59. The summed E-state index contributed by atoms with van der Waals surface area (Å²) in [5.41, 5.74) is 16.9. The lowest BCUT2D eigenvalue weighted by Gasteiger charge is -2.21. The number of hydrogen-bond acceptors (Lipinski definition) is 7. The first-order chi connectivity index (χ1) is 24.7. The first kappa shape index (κ1) is 43.6. The van der Waals surface area contributed by atoms with Gasteiger partial charge in [-0.1, -0.05) is 59.7 Å². The molecule has 0 aliphatic heterocycles. The topological polar surface area (TPSA) is 173 Å². The van der Waals surface area contributed by atoms with Crippen molar-refractivity contribution < 1.29 is 18.3 Å². The maximum atomic E-state index is 12.6. The molecule has 0 saturated carbocycles. The number of benzene rings is 2. The summed E-state index contributed by atoms with van der Waals surface area (Å²) in [4.78, 5) is 24.3. The van der Waals surface area contributed by atoms with Crippen molar-refractivity contribution in [1.29, 1.82) is 0 Å². The van der Waals surface area contributed by atoms with Crippen molar-refractivity contribution in [2.45, 2.75) is 114 Å². The molecular weight excluding hydrogens is 702 g/mol. The lowest BCUT2D eigenvalue weighted by Crippen LogP contribution is -2.26. The number of alkyl halides is 3. The van der Waals surface area contributed by atoms with Crippen molar-refractivity contribution >= 4 is 28.8 Å². The Morgan fingerprint density at radius 3 is 2.25 bits per heavy atom. The van der Waals surface area contributed by atoms with Gasteiger partial charge >= 0.3 is 11.2 Å². The number of H-pyrrole nitrogens is 1. The number of aromatic amines is 1. The average Bonchev–Trinajstić information content (AvgIpc) is 3.46. The highest BCUT2D eigenvalue weighted by atomic mass is 32.2. The number of thioether (sulfide) groups is 1. The van der Waals surface area contributed by atoms with Crippen LogP contribution in [0.1, 0.15) is 103 Å². The van der Waals surface area contributed by atoms with Crippen LogP contribution in [0.2, 0.25) is 0 Å². The maximum absolute atomic E-state index is 12.6. The minimum absolute atomic E-state index is 0.00963. The highest BCUT2D eigenvalue weighted by Crippen LogP contribution is 2.39. The Morgan fingerprint density at radius 1 is 1.00 bits per heavy atom. The Kier molecular flexibility index (Phi) is 15.6. The van der Waals surface area contributed by atoms with Crippen molar-refractivity contribution in [3.63, 3.8) is 0 Å². The van der Waals surface area contributed by atoms with Crippen LogP contribution in [-0.4, -0.2) is 56.8 Å². The maximum Gasteiger partial charge on any atom is 0.446 e. The molecule has 14 heteroatoms. The van der Waals surface area contributed by atoms with E-state index in [1.165, 1.54) is 0 Å². The van der Waals surface area contributed by atoms with Gasteiger partial charge in [-0.05, 0) is 110 Å². The minimum Gasteiger partial charge on any atom is -0.396 e. The molecule has 2 aromatic carbocycles. The number of aryl methyl sites for hydroxylation is 1. The van der Waals surface area contributed by atoms with Gasteiger partial charge in [0.05, 0.1) is 5.69 Å². The van der Waals surface area contributed by atoms with Crippen LogP contribution in [0.3, 0.4) is 0 Å². The number of aliphatic hydroxyl groups excluding tert-OH is 1. The number of aromatic nitrogens is 3. The SMILES string of the molecule is CC(C)(C)c1cc2cn(-c3ccc([C@@H](CCO)NCCCN=C(N)N)cc3)c(=O)nc2[nH]1.C[C@H](N)CCCc1cc(SC(F)(F)F)cc(C(C)(C)C)c1. The van der Waals surface area contributed by atoms with Gasteiger partial charge in [0.25, 0.3) is 0 Å². The molecule has 292 valence electrons. The Balaban J connectivity index is 0.000000313. The normalized spacial score (nSPS) is 13.4. The number of hydrogen-bond donors (Lipinski definition) is 6. The van der Waals surface area contributed by atoms with Gasteiger partial charge in [-0.3, -0.25) is 9.56 Å². The highest BCUT2D eigenvalue weighted by molar-refractivity contribution is 8.00. The Hall–Kier alpha value is -3.85. The molecule has 2 heterocycles. The number of rotatable bonds is 14. The fraction of sp³-hybridized carbons (Fsp3) is 0.513. The smallest absolute Gasteiger partial charge is 0.396 e. The van der Waals surface area contributed by atoms with Crippen molar-refractivity contribution in [3.05, 3.63) is 87.6 Å². The molecule has 0 aliphatic carbocycles. The van der Waals surface area contributed by atoms with Crippen LogP contribution in [0.15, 0.2) is 69.4 Å². The number of aliphatic hydroxyl groups is 1. The molecule has 9 N–H and O–H groups in total. The molecule has 53 heavy (non-hydrogen) atoms. The molecule has 0 unspecified atom stereocenters. The molecule has 2 aromatic heterocycles. The second-order valence-electron chi connectivity index (χ2n) is 15.4. The van der Waals surface area contributed by atoms with Gasteiger partial charge in [0.1, 0.15) is 5.65 Å². The average molecular weight is 759 g/mol. The summed E-state index contributed by atoms with van der Waals surface area (Å²) in [5, 5.41) is 13.8. The number of guanidine groups is 1. The van der Waals surface area contributed by atoms with Crippen LogP contribution in [-0.2, 0) is 17.3 Å². The molecule has 4 rings (SSSR count). The number of aliphatic imine (C=N–C) groups is 1. The largest absolute Gasteiger partial charge is 0.446 e. The molecule has 0 saturated heterocycles. The highest BCUT2D eigenvalue weighted by Gasteiger charge is 2.30. The van der Waals surface area contributed by atoms with E-state index >= 15 is 0 Å². The molecule has 2 atom stereocenters. The zero-order valence-corrected chi connectivity index (χ0v) is 32.8. The number of halogens is 3. The molecule has 10 nitrogen and oxygen atoms in total. The zero-order chi connectivity index (χ0) is 39.6. The quantitative estimate of drug-likeness (QED) is 0.0347. The van der Waals surface area contributed by atoms with Gasteiger partial charge in [-0.15, -0.1) is 0 Å². The van der Waals surface area contributed by atoms with E-state index in [1.54, 1.807) is 16.7 Å². The van der Waals surface area contributed by atoms with Crippen molar-refractivity contribution in [1.82, 2.24) is 19.9 Å². The molecule has 0 bridgehead atoms. The number of fused-ring (bicyclic) bond motifs is 1. The first-order valence-electron chi connectivity index (χ1n) is 17.9.